The lowest BCUT2D eigenvalue weighted by Gasteiger charge is -2.22. The number of nitrogens with zero attached hydrogens (tertiary/aromatic N) is 1. The van der Waals surface area contributed by atoms with Crippen molar-refractivity contribution >= 4 is 23.6 Å². The van der Waals surface area contributed by atoms with E-state index in [2.05, 4.69) is 5.32 Å². The van der Waals surface area contributed by atoms with Crippen molar-refractivity contribution in [3.63, 3.8) is 0 Å². The molecule has 0 saturated carbocycles. The molecule has 26 heavy (non-hydrogen) atoms. The maximum atomic E-state index is 12.5. The van der Waals surface area contributed by atoms with E-state index in [9.17, 15) is 19.2 Å². The third kappa shape index (κ3) is 5.40. The second kappa shape index (κ2) is 9.12. The Balaban J connectivity index is 1.94. The highest BCUT2D eigenvalue weighted by Crippen LogP contribution is 2.19. The summed E-state index contributed by atoms with van der Waals surface area (Å²) in [4.78, 5) is 48.7. The monoisotopic (exact) mass is 360 g/mol. The zero-order valence-electron chi connectivity index (χ0n) is 14.8. The number of aliphatic carboxylic acids is 1. The summed E-state index contributed by atoms with van der Waals surface area (Å²) in [5.74, 6) is -1.88. The zero-order chi connectivity index (χ0) is 19.1. The molecule has 0 spiro atoms. The molecule has 140 valence electrons. The van der Waals surface area contributed by atoms with E-state index in [1.807, 2.05) is 30.3 Å². The van der Waals surface area contributed by atoms with Gasteiger partial charge in [0.2, 0.25) is 11.8 Å². The topological polar surface area (TPSA) is 104 Å². The standard InChI is InChI=1S/C19H24N2O5/c1-13(22)20-15(12-14-6-3-2-4-7-14)17(23)9-10-18(24)21-11-5-8-16(21)19(25)26/h2-4,6-7,15-16H,5,8-12H2,1H3,(H,20,22)(H,25,26)/t15?,16-/m0/s1. The van der Waals surface area contributed by atoms with Crippen molar-refractivity contribution in [1.29, 1.82) is 0 Å². The lowest BCUT2D eigenvalue weighted by Crippen LogP contribution is -2.43. The van der Waals surface area contributed by atoms with Gasteiger partial charge in [0.25, 0.3) is 0 Å². The van der Waals surface area contributed by atoms with Gasteiger partial charge in [-0.05, 0) is 24.8 Å². The predicted octanol–water partition coefficient (Wildman–Crippen LogP) is 1.16. The number of hydrogen-bond donors (Lipinski definition) is 2. The van der Waals surface area contributed by atoms with Crippen LogP contribution in [0.5, 0.6) is 0 Å². The summed E-state index contributed by atoms with van der Waals surface area (Å²) >= 11 is 0. The summed E-state index contributed by atoms with van der Waals surface area (Å²) in [7, 11) is 0. The van der Waals surface area contributed by atoms with Crippen LogP contribution in [0.25, 0.3) is 0 Å². The van der Waals surface area contributed by atoms with Gasteiger partial charge in [-0.15, -0.1) is 0 Å². The van der Waals surface area contributed by atoms with E-state index in [-0.39, 0.29) is 30.4 Å². The maximum Gasteiger partial charge on any atom is 0.326 e. The summed E-state index contributed by atoms with van der Waals surface area (Å²) in [6.45, 7) is 1.75. The Kier molecular flexibility index (Phi) is 6.89. The average molecular weight is 360 g/mol. The molecule has 7 heteroatoms. The van der Waals surface area contributed by atoms with Gasteiger partial charge in [-0.3, -0.25) is 14.4 Å². The molecule has 1 unspecified atom stereocenters. The number of rotatable bonds is 8. The zero-order valence-corrected chi connectivity index (χ0v) is 14.8. The van der Waals surface area contributed by atoms with Crippen LogP contribution < -0.4 is 5.32 Å². The van der Waals surface area contributed by atoms with Gasteiger partial charge in [0.15, 0.2) is 5.78 Å². The minimum Gasteiger partial charge on any atom is -0.480 e. The molecule has 2 rings (SSSR count). The number of Topliss-reactive ketones (excluding diaryl/α,β-unsaturated/α-hetero) is 1. The van der Waals surface area contributed by atoms with Crippen LogP contribution in [0.2, 0.25) is 0 Å². The highest BCUT2D eigenvalue weighted by Gasteiger charge is 2.34. The lowest BCUT2D eigenvalue weighted by molar-refractivity contribution is -0.148. The molecule has 1 aliphatic heterocycles. The third-order valence-electron chi connectivity index (χ3n) is 4.49. The van der Waals surface area contributed by atoms with Crippen molar-refractivity contribution in [1.82, 2.24) is 10.2 Å². The minimum absolute atomic E-state index is 0.0283. The van der Waals surface area contributed by atoms with Crippen LogP contribution in [0.1, 0.15) is 38.2 Å². The van der Waals surface area contributed by atoms with Gasteiger partial charge in [0.1, 0.15) is 6.04 Å². The Morgan fingerprint density at radius 1 is 1.19 bits per heavy atom. The van der Waals surface area contributed by atoms with Crippen molar-refractivity contribution < 1.29 is 24.3 Å². The average Bonchev–Trinajstić information content (AvgIpc) is 3.09. The number of carbonyl (C=O) groups excluding carboxylic acids is 3. The van der Waals surface area contributed by atoms with Crippen molar-refractivity contribution in [3.8, 4) is 0 Å². The first-order valence-electron chi connectivity index (χ1n) is 8.74. The number of hydrogen-bond acceptors (Lipinski definition) is 4. The summed E-state index contributed by atoms with van der Waals surface area (Å²) in [5, 5.41) is 11.8. The highest BCUT2D eigenvalue weighted by atomic mass is 16.4. The SMILES string of the molecule is CC(=O)NC(Cc1ccccc1)C(=O)CCC(=O)N1CCC[C@H]1C(=O)O. The van der Waals surface area contributed by atoms with E-state index in [0.717, 1.165) is 5.56 Å². The predicted molar refractivity (Wildman–Crippen MR) is 94.4 cm³/mol. The van der Waals surface area contributed by atoms with Gasteiger partial charge in [-0.1, -0.05) is 30.3 Å². The van der Waals surface area contributed by atoms with Crippen LogP contribution in [0, 0.1) is 0 Å². The fraction of sp³-hybridized carbons (Fsp3) is 0.474. The van der Waals surface area contributed by atoms with Crippen LogP contribution in [-0.2, 0) is 25.6 Å². The van der Waals surface area contributed by atoms with Gasteiger partial charge in [-0.2, -0.15) is 0 Å². The second-order valence-electron chi connectivity index (χ2n) is 6.49. The van der Waals surface area contributed by atoms with Crippen molar-refractivity contribution in [2.24, 2.45) is 0 Å². The highest BCUT2D eigenvalue weighted by molar-refractivity contribution is 5.92. The summed E-state index contributed by atoms with van der Waals surface area (Å²) in [5.41, 5.74) is 0.913. The van der Waals surface area contributed by atoms with E-state index < -0.39 is 18.1 Å². The first-order chi connectivity index (χ1) is 12.4. The molecule has 1 saturated heterocycles. The first-order valence-corrected chi connectivity index (χ1v) is 8.74. The molecule has 1 aromatic carbocycles. The Labute approximate surface area is 152 Å². The van der Waals surface area contributed by atoms with Crippen LogP contribution >= 0.6 is 0 Å². The van der Waals surface area contributed by atoms with Gasteiger partial charge in [0, 0.05) is 26.3 Å². The van der Waals surface area contributed by atoms with E-state index in [1.54, 1.807) is 0 Å². The van der Waals surface area contributed by atoms with Crippen molar-refractivity contribution in [3.05, 3.63) is 35.9 Å². The fourth-order valence-electron chi connectivity index (χ4n) is 3.21. The summed E-state index contributed by atoms with van der Waals surface area (Å²) in [6.07, 6.45) is 1.37. The number of ketones is 1. The molecule has 1 aromatic rings. The number of carbonyl (C=O) groups is 4. The molecule has 7 nitrogen and oxygen atoms in total. The molecule has 1 aliphatic rings. The molecule has 1 heterocycles. The van der Waals surface area contributed by atoms with Gasteiger partial charge < -0.3 is 15.3 Å². The van der Waals surface area contributed by atoms with Gasteiger partial charge in [-0.25, -0.2) is 4.79 Å². The molecule has 2 N–H and O–H groups in total. The molecular weight excluding hydrogens is 336 g/mol. The van der Waals surface area contributed by atoms with Gasteiger partial charge in [0.05, 0.1) is 6.04 Å². The number of amides is 2. The number of benzene rings is 1. The molecule has 0 radical (unpaired) electrons. The molecule has 0 bridgehead atoms. The molecule has 0 aliphatic carbocycles. The van der Waals surface area contributed by atoms with E-state index in [1.165, 1.54) is 11.8 Å². The number of carboxylic acids is 1. The van der Waals surface area contributed by atoms with Crippen LogP contribution in [0.3, 0.4) is 0 Å². The minimum atomic E-state index is -1.01. The van der Waals surface area contributed by atoms with Gasteiger partial charge >= 0.3 is 5.97 Å². The number of nitrogens with one attached hydrogen (secondary N) is 1. The lowest BCUT2D eigenvalue weighted by atomic mass is 9.99. The smallest absolute Gasteiger partial charge is 0.326 e. The largest absolute Gasteiger partial charge is 0.480 e. The van der Waals surface area contributed by atoms with E-state index >= 15 is 0 Å². The summed E-state index contributed by atoms with van der Waals surface area (Å²) in [6, 6.07) is 7.82. The third-order valence-corrected chi connectivity index (χ3v) is 4.49. The molecule has 1 fully saturated rings. The van der Waals surface area contributed by atoms with Crippen LogP contribution in [0.15, 0.2) is 30.3 Å². The summed E-state index contributed by atoms with van der Waals surface area (Å²) < 4.78 is 0. The molecule has 2 amide bonds. The van der Waals surface area contributed by atoms with Crippen molar-refractivity contribution in [2.75, 3.05) is 6.54 Å². The Hall–Kier alpha value is -2.70. The quantitative estimate of drug-likeness (QED) is 0.724. The van der Waals surface area contributed by atoms with Crippen LogP contribution in [0.4, 0.5) is 0 Å². The number of likely N-dealkylation sites (tertiary alicyclic amines) is 1. The van der Waals surface area contributed by atoms with E-state index in [0.29, 0.717) is 25.8 Å². The Morgan fingerprint density at radius 2 is 1.88 bits per heavy atom. The van der Waals surface area contributed by atoms with E-state index in [4.69, 9.17) is 5.11 Å². The number of carboxylic acid groups (broad SMARTS) is 1. The molecule has 2 atom stereocenters. The first kappa shape index (κ1) is 19.6. The fourth-order valence-corrected chi connectivity index (χ4v) is 3.21. The maximum absolute atomic E-state index is 12.5. The molecular formula is C19H24N2O5. The Morgan fingerprint density at radius 3 is 2.50 bits per heavy atom. The van der Waals surface area contributed by atoms with Crippen LogP contribution in [-0.4, -0.2) is 52.2 Å². The normalized spacial score (nSPS) is 17.6. The van der Waals surface area contributed by atoms with Crippen molar-refractivity contribution in [2.45, 2.75) is 51.1 Å². The second-order valence-corrected chi connectivity index (χ2v) is 6.49. The Bertz CT molecular complexity index is 674. The molecule has 0 aromatic heterocycles.